The van der Waals surface area contributed by atoms with Crippen molar-refractivity contribution < 1.29 is 9.47 Å². The van der Waals surface area contributed by atoms with Crippen LogP contribution in [-0.2, 0) is 10.2 Å². The number of ether oxygens (including phenoxy) is 2. The Labute approximate surface area is 105 Å². The average Bonchev–Trinajstić information content (AvgIpc) is 2.55. The van der Waals surface area contributed by atoms with Gasteiger partial charge in [-0.2, -0.15) is 0 Å². The van der Waals surface area contributed by atoms with Crippen LogP contribution in [-0.4, -0.2) is 12.9 Å². The van der Waals surface area contributed by atoms with Crippen molar-refractivity contribution in [2.45, 2.75) is 53.2 Å². The minimum atomic E-state index is -0.153. The van der Waals surface area contributed by atoms with Crippen LogP contribution in [0.4, 0.5) is 0 Å². The first-order valence-electron chi connectivity index (χ1n) is 6.45. The summed E-state index contributed by atoms with van der Waals surface area (Å²) in [6, 6.07) is 6.29. The molecule has 0 N–H and O–H groups in total. The summed E-state index contributed by atoms with van der Waals surface area (Å²) in [6.07, 6.45) is -0.153. The van der Waals surface area contributed by atoms with Gasteiger partial charge in [0, 0.05) is 12.2 Å². The highest BCUT2D eigenvalue weighted by Crippen LogP contribution is 2.43. The van der Waals surface area contributed by atoms with Gasteiger partial charge in [-0.25, -0.2) is 0 Å². The number of benzene rings is 1. The van der Waals surface area contributed by atoms with Gasteiger partial charge in [0.15, 0.2) is 0 Å². The van der Waals surface area contributed by atoms with Crippen molar-refractivity contribution in [2.75, 3.05) is 6.61 Å². The van der Waals surface area contributed by atoms with Gasteiger partial charge in [0.2, 0.25) is 6.29 Å². The Kier molecular flexibility index (Phi) is 4.58. The summed E-state index contributed by atoms with van der Waals surface area (Å²) in [5, 5.41) is 0. The standard InChI is InChI=1S/C13H18O2.C2H6/c1-5-14-12-13(3,4)10-8-9(2)6-7-11(10)15-12;1-2/h6-8,12H,5H2,1-4H3;1-2H3. The predicted molar refractivity (Wildman–Crippen MR) is 71.6 cm³/mol. The molecule has 0 bridgehead atoms. The molecular formula is C15H24O2. The van der Waals surface area contributed by atoms with Gasteiger partial charge in [0.1, 0.15) is 5.75 Å². The topological polar surface area (TPSA) is 18.5 Å². The highest BCUT2D eigenvalue weighted by Gasteiger charge is 2.42. The quantitative estimate of drug-likeness (QED) is 0.771. The fourth-order valence-electron chi connectivity index (χ4n) is 2.03. The molecule has 1 aliphatic heterocycles. The van der Waals surface area contributed by atoms with E-state index in [0.717, 1.165) is 5.75 Å². The summed E-state index contributed by atoms with van der Waals surface area (Å²) < 4.78 is 11.4. The first kappa shape index (κ1) is 14.0. The molecule has 1 atom stereocenters. The first-order valence-corrected chi connectivity index (χ1v) is 6.45. The number of rotatable bonds is 2. The molecule has 0 saturated carbocycles. The zero-order valence-corrected chi connectivity index (χ0v) is 11.8. The van der Waals surface area contributed by atoms with Crippen LogP contribution in [0.15, 0.2) is 18.2 Å². The van der Waals surface area contributed by atoms with Crippen molar-refractivity contribution in [1.82, 2.24) is 0 Å². The van der Waals surface area contributed by atoms with Crippen LogP contribution >= 0.6 is 0 Å². The van der Waals surface area contributed by atoms with Crippen molar-refractivity contribution in [3.8, 4) is 5.75 Å². The van der Waals surface area contributed by atoms with Crippen molar-refractivity contribution in [2.24, 2.45) is 0 Å². The van der Waals surface area contributed by atoms with Crippen LogP contribution in [0.2, 0.25) is 0 Å². The number of fused-ring (bicyclic) bond motifs is 1. The monoisotopic (exact) mass is 236 g/mol. The van der Waals surface area contributed by atoms with Crippen LogP contribution in [0.25, 0.3) is 0 Å². The Hall–Kier alpha value is -1.02. The van der Waals surface area contributed by atoms with Crippen LogP contribution in [0.5, 0.6) is 5.75 Å². The lowest BCUT2D eigenvalue weighted by Gasteiger charge is -2.25. The summed E-state index contributed by atoms with van der Waals surface area (Å²) in [4.78, 5) is 0. The Morgan fingerprint density at radius 2 is 1.94 bits per heavy atom. The Balaban J connectivity index is 0.000000686. The molecule has 2 nitrogen and oxygen atoms in total. The van der Waals surface area contributed by atoms with E-state index < -0.39 is 0 Å². The minimum absolute atomic E-state index is 0.0582. The maximum atomic E-state index is 5.80. The molecule has 1 aromatic rings. The normalized spacial score (nSPS) is 20.0. The second-order valence-electron chi connectivity index (χ2n) is 4.63. The van der Waals surface area contributed by atoms with E-state index in [-0.39, 0.29) is 11.7 Å². The van der Waals surface area contributed by atoms with E-state index in [0.29, 0.717) is 6.61 Å². The molecule has 0 spiro atoms. The summed E-state index contributed by atoms with van der Waals surface area (Å²) >= 11 is 0. The molecule has 0 aliphatic carbocycles. The summed E-state index contributed by atoms with van der Waals surface area (Å²) in [7, 11) is 0. The molecule has 0 saturated heterocycles. The van der Waals surface area contributed by atoms with Crippen molar-refractivity contribution in [1.29, 1.82) is 0 Å². The lowest BCUT2D eigenvalue weighted by atomic mass is 9.85. The van der Waals surface area contributed by atoms with E-state index in [1.165, 1.54) is 11.1 Å². The van der Waals surface area contributed by atoms with Gasteiger partial charge < -0.3 is 9.47 Å². The van der Waals surface area contributed by atoms with Gasteiger partial charge in [-0.1, -0.05) is 31.5 Å². The molecule has 2 rings (SSSR count). The number of aryl methyl sites for hydroxylation is 1. The molecule has 1 aromatic carbocycles. The lowest BCUT2D eigenvalue weighted by molar-refractivity contribution is -0.0981. The third kappa shape index (κ3) is 2.63. The Bertz CT molecular complexity index is 369. The Morgan fingerprint density at radius 1 is 1.29 bits per heavy atom. The van der Waals surface area contributed by atoms with E-state index in [2.05, 4.69) is 32.9 Å². The predicted octanol–water partition coefficient (Wildman–Crippen LogP) is 4.05. The van der Waals surface area contributed by atoms with E-state index in [1.54, 1.807) is 0 Å². The summed E-state index contributed by atoms with van der Waals surface area (Å²) in [6.45, 7) is 13.1. The molecule has 17 heavy (non-hydrogen) atoms. The first-order chi connectivity index (χ1) is 8.05. The molecule has 1 heterocycles. The molecule has 1 aliphatic rings. The second-order valence-corrected chi connectivity index (χ2v) is 4.63. The van der Waals surface area contributed by atoms with E-state index in [9.17, 15) is 0 Å². The van der Waals surface area contributed by atoms with Gasteiger partial charge in [0.05, 0.1) is 5.41 Å². The van der Waals surface area contributed by atoms with Crippen molar-refractivity contribution in [3.63, 3.8) is 0 Å². The summed E-state index contributed by atoms with van der Waals surface area (Å²) in [5.41, 5.74) is 2.46. The van der Waals surface area contributed by atoms with Crippen LogP contribution in [0.3, 0.4) is 0 Å². The Morgan fingerprint density at radius 3 is 2.53 bits per heavy atom. The molecule has 96 valence electrons. The van der Waals surface area contributed by atoms with Crippen molar-refractivity contribution >= 4 is 0 Å². The van der Waals surface area contributed by atoms with E-state index in [4.69, 9.17) is 9.47 Å². The molecule has 0 amide bonds. The minimum Gasteiger partial charge on any atom is -0.464 e. The largest absolute Gasteiger partial charge is 0.464 e. The van der Waals surface area contributed by atoms with Crippen LogP contribution < -0.4 is 4.74 Å². The molecule has 1 unspecified atom stereocenters. The smallest absolute Gasteiger partial charge is 0.209 e. The third-order valence-electron chi connectivity index (χ3n) is 2.97. The molecule has 0 aromatic heterocycles. The number of hydrogen-bond acceptors (Lipinski definition) is 2. The highest BCUT2D eigenvalue weighted by atomic mass is 16.7. The highest BCUT2D eigenvalue weighted by molar-refractivity contribution is 5.45. The van der Waals surface area contributed by atoms with Crippen LogP contribution in [0, 0.1) is 6.92 Å². The fourth-order valence-corrected chi connectivity index (χ4v) is 2.03. The third-order valence-corrected chi connectivity index (χ3v) is 2.97. The zero-order valence-electron chi connectivity index (χ0n) is 11.8. The second kappa shape index (κ2) is 5.54. The molecular weight excluding hydrogens is 212 g/mol. The van der Waals surface area contributed by atoms with Gasteiger partial charge in [-0.15, -0.1) is 0 Å². The van der Waals surface area contributed by atoms with Crippen LogP contribution in [0.1, 0.15) is 45.7 Å². The molecule has 2 heteroatoms. The SMILES string of the molecule is CC.CCOC1Oc2ccc(C)cc2C1(C)C. The van der Waals surface area contributed by atoms with Gasteiger partial charge in [-0.3, -0.25) is 0 Å². The van der Waals surface area contributed by atoms with Gasteiger partial charge in [-0.05, 0) is 33.8 Å². The van der Waals surface area contributed by atoms with E-state index in [1.807, 2.05) is 26.8 Å². The average molecular weight is 236 g/mol. The van der Waals surface area contributed by atoms with Gasteiger partial charge in [0.25, 0.3) is 0 Å². The maximum absolute atomic E-state index is 5.80. The zero-order chi connectivity index (χ0) is 13.1. The van der Waals surface area contributed by atoms with Gasteiger partial charge >= 0.3 is 0 Å². The summed E-state index contributed by atoms with van der Waals surface area (Å²) in [5.74, 6) is 0.962. The number of hydrogen-bond donors (Lipinski definition) is 0. The lowest BCUT2D eigenvalue weighted by Crippen LogP contribution is -2.34. The maximum Gasteiger partial charge on any atom is 0.209 e. The van der Waals surface area contributed by atoms with Crippen molar-refractivity contribution in [3.05, 3.63) is 29.3 Å². The molecule has 0 radical (unpaired) electrons. The fraction of sp³-hybridized carbons (Fsp3) is 0.600. The van der Waals surface area contributed by atoms with E-state index >= 15 is 0 Å². The molecule has 0 fully saturated rings.